The minimum Gasteiger partial charge on any atom is -0.324 e. The molecule has 104 valence electrons. The van der Waals surface area contributed by atoms with Crippen molar-refractivity contribution in [2.24, 2.45) is 5.92 Å². The molecule has 1 atom stereocenters. The second-order valence-corrected chi connectivity index (χ2v) is 5.30. The van der Waals surface area contributed by atoms with Crippen LogP contribution in [-0.2, 0) is 6.42 Å². The number of piperidine rings is 1. The van der Waals surface area contributed by atoms with Crippen molar-refractivity contribution in [1.82, 2.24) is 4.90 Å². The molecule has 2 rings (SSSR count). The van der Waals surface area contributed by atoms with Crippen LogP contribution < -0.4 is 5.32 Å². The molecule has 1 fully saturated rings. The molecule has 1 N–H and O–H groups in total. The van der Waals surface area contributed by atoms with Crippen LogP contribution in [-0.4, -0.2) is 24.0 Å². The molecule has 3 heteroatoms. The van der Waals surface area contributed by atoms with Gasteiger partial charge in [-0.1, -0.05) is 38.5 Å². The molecule has 0 radical (unpaired) electrons. The predicted molar refractivity (Wildman–Crippen MR) is 79.4 cm³/mol. The van der Waals surface area contributed by atoms with E-state index in [9.17, 15) is 4.79 Å². The molecule has 3 nitrogen and oxygen atoms in total. The lowest BCUT2D eigenvalue weighted by molar-refractivity contribution is 0.176. The van der Waals surface area contributed by atoms with Crippen LogP contribution in [0.5, 0.6) is 0 Å². The van der Waals surface area contributed by atoms with Crippen molar-refractivity contribution < 1.29 is 4.79 Å². The molecule has 0 saturated carbocycles. The van der Waals surface area contributed by atoms with Crippen molar-refractivity contribution in [1.29, 1.82) is 0 Å². The Balaban J connectivity index is 2.00. The molecular formula is C16H24N2O. The fourth-order valence-electron chi connectivity index (χ4n) is 2.73. The summed E-state index contributed by atoms with van der Waals surface area (Å²) in [6.45, 7) is 6.10. The van der Waals surface area contributed by atoms with E-state index in [0.717, 1.165) is 38.0 Å². The first-order valence-electron chi connectivity index (χ1n) is 7.38. The zero-order valence-corrected chi connectivity index (χ0v) is 12.0. The molecular weight excluding hydrogens is 236 g/mol. The number of carbonyl (C=O) groups excluding carboxylic acids is 1. The standard InChI is InChI=1S/C16H24N2O/c1-3-13-8-7-11-18(12-13)16(19)17-15-10-6-5-9-14(15)4-2/h5-6,9-10,13H,3-4,7-8,11-12H2,1-2H3,(H,17,19). The first-order chi connectivity index (χ1) is 9.24. The zero-order chi connectivity index (χ0) is 13.7. The van der Waals surface area contributed by atoms with Crippen LogP contribution in [0.15, 0.2) is 24.3 Å². The first-order valence-corrected chi connectivity index (χ1v) is 7.38. The summed E-state index contributed by atoms with van der Waals surface area (Å²) >= 11 is 0. The van der Waals surface area contributed by atoms with Crippen molar-refractivity contribution in [3.05, 3.63) is 29.8 Å². The number of para-hydroxylation sites is 1. The summed E-state index contributed by atoms with van der Waals surface area (Å²) in [6, 6.07) is 8.10. The van der Waals surface area contributed by atoms with Gasteiger partial charge in [0.1, 0.15) is 0 Å². The van der Waals surface area contributed by atoms with Gasteiger partial charge in [-0.2, -0.15) is 0 Å². The highest BCUT2D eigenvalue weighted by Crippen LogP contribution is 2.21. The Labute approximate surface area is 116 Å². The number of nitrogens with zero attached hydrogens (tertiary/aromatic N) is 1. The first kappa shape index (κ1) is 13.9. The highest BCUT2D eigenvalue weighted by atomic mass is 16.2. The van der Waals surface area contributed by atoms with Gasteiger partial charge in [0.05, 0.1) is 0 Å². The third-order valence-electron chi connectivity index (χ3n) is 4.02. The lowest BCUT2D eigenvalue weighted by atomic mass is 9.96. The Morgan fingerprint density at radius 2 is 2.16 bits per heavy atom. The van der Waals surface area contributed by atoms with Crippen LogP contribution in [0.3, 0.4) is 0 Å². The average molecular weight is 260 g/mol. The van der Waals surface area contributed by atoms with Gasteiger partial charge in [-0.25, -0.2) is 4.79 Å². The lowest BCUT2D eigenvalue weighted by Crippen LogP contribution is -2.42. The van der Waals surface area contributed by atoms with Crippen molar-refractivity contribution in [2.45, 2.75) is 39.5 Å². The van der Waals surface area contributed by atoms with Gasteiger partial charge in [-0.05, 0) is 36.8 Å². The monoisotopic (exact) mass is 260 g/mol. The highest BCUT2D eigenvalue weighted by molar-refractivity contribution is 5.90. The van der Waals surface area contributed by atoms with Gasteiger partial charge in [0, 0.05) is 18.8 Å². The quantitative estimate of drug-likeness (QED) is 0.878. The van der Waals surface area contributed by atoms with E-state index < -0.39 is 0 Å². The van der Waals surface area contributed by atoms with Gasteiger partial charge in [-0.3, -0.25) is 0 Å². The SMILES string of the molecule is CCc1ccccc1NC(=O)N1CCCC(CC)C1. The van der Waals surface area contributed by atoms with E-state index in [1.54, 1.807) is 0 Å². The van der Waals surface area contributed by atoms with Gasteiger partial charge in [0.15, 0.2) is 0 Å². The van der Waals surface area contributed by atoms with E-state index >= 15 is 0 Å². The van der Waals surface area contributed by atoms with Gasteiger partial charge >= 0.3 is 6.03 Å². The van der Waals surface area contributed by atoms with Crippen LogP contribution in [0.1, 0.15) is 38.7 Å². The number of nitrogens with one attached hydrogen (secondary N) is 1. The van der Waals surface area contributed by atoms with Crippen molar-refractivity contribution in [2.75, 3.05) is 18.4 Å². The van der Waals surface area contributed by atoms with E-state index in [2.05, 4.69) is 25.2 Å². The molecule has 1 aromatic carbocycles. The molecule has 2 amide bonds. The number of likely N-dealkylation sites (tertiary alicyclic amines) is 1. The number of hydrogen-bond donors (Lipinski definition) is 1. The summed E-state index contributed by atoms with van der Waals surface area (Å²) in [4.78, 5) is 14.3. The Bertz CT molecular complexity index is 431. The molecule has 1 saturated heterocycles. The van der Waals surface area contributed by atoms with Crippen molar-refractivity contribution in [3.8, 4) is 0 Å². The lowest BCUT2D eigenvalue weighted by Gasteiger charge is -2.32. The molecule has 1 aliphatic rings. The smallest absolute Gasteiger partial charge is 0.321 e. The molecule has 0 aromatic heterocycles. The number of aryl methyl sites for hydroxylation is 1. The molecule has 0 bridgehead atoms. The average Bonchev–Trinajstić information content (AvgIpc) is 2.47. The molecule has 19 heavy (non-hydrogen) atoms. The van der Waals surface area contributed by atoms with Crippen LogP contribution in [0, 0.1) is 5.92 Å². The fraction of sp³-hybridized carbons (Fsp3) is 0.562. The molecule has 1 unspecified atom stereocenters. The molecule has 1 aliphatic heterocycles. The van der Waals surface area contributed by atoms with E-state index in [4.69, 9.17) is 0 Å². The number of hydrogen-bond acceptors (Lipinski definition) is 1. The number of carbonyl (C=O) groups is 1. The second kappa shape index (κ2) is 6.60. The number of amides is 2. The van der Waals surface area contributed by atoms with Crippen molar-refractivity contribution in [3.63, 3.8) is 0 Å². The Hall–Kier alpha value is -1.51. The number of urea groups is 1. The van der Waals surface area contributed by atoms with E-state index in [0.29, 0.717) is 5.92 Å². The summed E-state index contributed by atoms with van der Waals surface area (Å²) in [5.74, 6) is 0.668. The highest BCUT2D eigenvalue weighted by Gasteiger charge is 2.22. The Kier molecular flexibility index (Phi) is 4.83. The minimum absolute atomic E-state index is 0.0547. The molecule has 1 heterocycles. The summed E-state index contributed by atoms with van der Waals surface area (Å²) in [6.07, 6.45) is 4.48. The third-order valence-corrected chi connectivity index (χ3v) is 4.02. The number of rotatable bonds is 3. The maximum Gasteiger partial charge on any atom is 0.321 e. The maximum atomic E-state index is 12.3. The largest absolute Gasteiger partial charge is 0.324 e. The normalized spacial score (nSPS) is 19.3. The van der Waals surface area contributed by atoms with Gasteiger partial charge < -0.3 is 10.2 Å². The zero-order valence-electron chi connectivity index (χ0n) is 12.0. The van der Waals surface area contributed by atoms with Crippen molar-refractivity contribution >= 4 is 11.7 Å². The summed E-state index contributed by atoms with van der Waals surface area (Å²) < 4.78 is 0. The van der Waals surface area contributed by atoms with Crippen LogP contribution in [0.4, 0.5) is 10.5 Å². The summed E-state index contributed by atoms with van der Waals surface area (Å²) in [7, 11) is 0. The van der Waals surface area contributed by atoms with Crippen LogP contribution >= 0.6 is 0 Å². The topological polar surface area (TPSA) is 32.3 Å². The van der Waals surface area contributed by atoms with Gasteiger partial charge in [0.25, 0.3) is 0 Å². The minimum atomic E-state index is 0.0547. The molecule has 0 spiro atoms. The second-order valence-electron chi connectivity index (χ2n) is 5.30. The van der Waals surface area contributed by atoms with Gasteiger partial charge in [-0.15, -0.1) is 0 Å². The summed E-state index contributed by atoms with van der Waals surface area (Å²) in [5, 5.41) is 3.06. The van der Waals surface area contributed by atoms with Gasteiger partial charge in [0.2, 0.25) is 0 Å². The Morgan fingerprint density at radius 3 is 2.89 bits per heavy atom. The van der Waals surface area contributed by atoms with Crippen LogP contribution in [0.25, 0.3) is 0 Å². The molecule has 1 aromatic rings. The third kappa shape index (κ3) is 3.49. The molecule has 0 aliphatic carbocycles. The number of benzene rings is 1. The summed E-state index contributed by atoms with van der Waals surface area (Å²) in [5.41, 5.74) is 2.15. The van der Waals surface area contributed by atoms with E-state index in [1.807, 2.05) is 23.1 Å². The van der Waals surface area contributed by atoms with Crippen LogP contribution in [0.2, 0.25) is 0 Å². The maximum absolute atomic E-state index is 12.3. The Morgan fingerprint density at radius 1 is 1.37 bits per heavy atom. The van der Waals surface area contributed by atoms with E-state index in [1.165, 1.54) is 12.0 Å². The van der Waals surface area contributed by atoms with E-state index in [-0.39, 0.29) is 6.03 Å². The predicted octanol–water partition coefficient (Wildman–Crippen LogP) is 3.90. The number of anilines is 1. The fourth-order valence-corrected chi connectivity index (χ4v) is 2.73.